The van der Waals surface area contributed by atoms with Gasteiger partial charge in [-0.25, -0.2) is 8.42 Å². The fourth-order valence-corrected chi connectivity index (χ4v) is 4.29. The predicted molar refractivity (Wildman–Crippen MR) is 133 cm³/mol. The SMILES string of the molecule is Cc1ccccc1N(CC(=O)N(Cc1ccc(Cl)cc1)[C@H](C)C(=O)NCC(C)C)S(C)(=O)=O. The molecule has 0 aliphatic carbocycles. The molecule has 2 aromatic carbocycles. The maximum absolute atomic E-state index is 13.5. The Bertz CT molecular complexity index is 1070. The van der Waals surface area contributed by atoms with Gasteiger partial charge in [-0.15, -0.1) is 0 Å². The van der Waals surface area contributed by atoms with Gasteiger partial charge in [0.25, 0.3) is 0 Å². The minimum Gasteiger partial charge on any atom is -0.354 e. The van der Waals surface area contributed by atoms with E-state index in [0.717, 1.165) is 21.7 Å². The zero-order chi connectivity index (χ0) is 24.8. The number of carbonyl (C=O) groups is 2. The van der Waals surface area contributed by atoms with Crippen LogP contribution in [-0.2, 0) is 26.2 Å². The molecule has 1 N–H and O–H groups in total. The molecule has 0 bridgehead atoms. The number of amides is 2. The number of carbonyl (C=O) groups excluding carboxylic acids is 2. The predicted octanol–water partition coefficient (Wildman–Crippen LogP) is 3.60. The number of sulfonamides is 1. The van der Waals surface area contributed by atoms with Gasteiger partial charge in [0, 0.05) is 18.1 Å². The number of rotatable bonds is 10. The molecule has 180 valence electrons. The molecule has 9 heteroatoms. The van der Waals surface area contributed by atoms with E-state index in [1.54, 1.807) is 62.4 Å². The molecule has 1 atom stereocenters. The van der Waals surface area contributed by atoms with Crippen LogP contribution in [0.4, 0.5) is 5.69 Å². The van der Waals surface area contributed by atoms with Gasteiger partial charge >= 0.3 is 0 Å². The fraction of sp³-hybridized carbons (Fsp3) is 0.417. The molecule has 7 nitrogen and oxygen atoms in total. The lowest BCUT2D eigenvalue weighted by Crippen LogP contribution is -2.51. The Kier molecular flexibility index (Phi) is 9.31. The van der Waals surface area contributed by atoms with Gasteiger partial charge < -0.3 is 10.2 Å². The number of benzene rings is 2. The van der Waals surface area contributed by atoms with Gasteiger partial charge in [-0.3, -0.25) is 13.9 Å². The van der Waals surface area contributed by atoms with Gasteiger partial charge in [0.1, 0.15) is 12.6 Å². The van der Waals surface area contributed by atoms with Gasteiger partial charge in [0.15, 0.2) is 0 Å². The van der Waals surface area contributed by atoms with Crippen molar-refractivity contribution in [1.29, 1.82) is 0 Å². The Morgan fingerprint density at radius 2 is 1.64 bits per heavy atom. The van der Waals surface area contributed by atoms with E-state index in [0.29, 0.717) is 17.3 Å². The summed E-state index contributed by atoms with van der Waals surface area (Å²) in [5.41, 5.74) is 1.93. The minimum absolute atomic E-state index is 0.137. The summed E-state index contributed by atoms with van der Waals surface area (Å²) in [6.45, 7) is 7.58. The van der Waals surface area contributed by atoms with E-state index in [-0.39, 0.29) is 18.4 Å². The lowest BCUT2D eigenvalue weighted by molar-refractivity contribution is -0.139. The van der Waals surface area contributed by atoms with Gasteiger partial charge in [-0.05, 0) is 49.1 Å². The van der Waals surface area contributed by atoms with Crippen LogP contribution in [0.15, 0.2) is 48.5 Å². The Labute approximate surface area is 201 Å². The van der Waals surface area contributed by atoms with E-state index in [1.807, 2.05) is 13.8 Å². The second-order valence-electron chi connectivity index (χ2n) is 8.52. The topological polar surface area (TPSA) is 86.8 Å². The lowest BCUT2D eigenvalue weighted by atomic mass is 10.1. The molecule has 0 aliphatic rings. The highest BCUT2D eigenvalue weighted by atomic mass is 35.5. The first-order valence-electron chi connectivity index (χ1n) is 10.7. The van der Waals surface area contributed by atoms with E-state index >= 15 is 0 Å². The van der Waals surface area contributed by atoms with Gasteiger partial charge in [-0.2, -0.15) is 0 Å². The molecule has 0 fully saturated rings. The molecular formula is C24H32ClN3O4S. The summed E-state index contributed by atoms with van der Waals surface area (Å²) in [4.78, 5) is 27.6. The first-order chi connectivity index (χ1) is 15.4. The number of anilines is 1. The summed E-state index contributed by atoms with van der Waals surface area (Å²) in [5, 5.41) is 3.41. The van der Waals surface area contributed by atoms with Crippen molar-refractivity contribution in [3.63, 3.8) is 0 Å². The molecule has 0 spiro atoms. The quantitative estimate of drug-likeness (QED) is 0.547. The van der Waals surface area contributed by atoms with Crippen LogP contribution in [0.25, 0.3) is 0 Å². The third-order valence-corrected chi connectivity index (χ3v) is 6.56. The number of aryl methyl sites for hydroxylation is 1. The first kappa shape index (κ1) is 26.7. The van der Waals surface area contributed by atoms with Crippen LogP contribution in [0, 0.1) is 12.8 Å². The zero-order valence-electron chi connectivity index (χ0n) is 19.7. The number of para-hydroxylation sites is 1. The van der Waals surface area contributed by atoms with E-state index in [4.69, 9.17) is 11.6 Å². The molecule has 2 rings (SSSR count). The standard InChI is InChI=1S/C24H32ClN3O4S/c1-17(2)14-26-24(30)19(4)27(15-20-10-12-21(25)13-11-20)23(29)16-28(33(5,31)32)22-9-7-6-8-18(22)3/h6-13,17,19H,14-16H2,1-5H3,(H,26,30)/t19-/m1/s1. The monoisotopic (exact) mass is 493 g/mol. The van der Waals surface area contributed by atoms with E-state index in [1.165, 1.54) is 4.90 Å². The summed E-state index contributed by atoms with van der Waals surface area (Å²) in [6.07, 6.45) is 1.06. The smallest absolute Gasteiger partial charge is 0.244 e. The van der Waals surface area contributed by atoms with Gasteiger partial charge in [0.05, 0.1) is 11.9 Å². The highest BCUT2D eigenvalue weighted by molar-refractivity contribution is 7.92. The van der Waals surface area contributed by atoms with Crippen molar-refractivity contribution in [2.75, 3.05) is 23.7 Å². The normalized spacial score (nSPS) is 12.3. The van der Waals surface area contributed by atoms with Crippen LogP contribution in [0.3, 0.4) is 0 Å². The number of nitrogens with zero attached hydrogens (tertiary/aromatic N) is 2. The molecule has 2 aromatic rings. The van der Waals surface area contributed by atoms with Crippen LogP contribution in [-0.4, -0.2) is 50.5 Å². The third-order valence-electron chi connectivity index (χ3n) is 5.18. The van der Waals surface area contributed by atoms with Crippen molar-refractivity contribution >= 4 is 39.1 Å². The molecule has 0 aliphatic heterocycles. The van der Waals surface area contributed by atoms with E-state index in [9.17, 15) is 18.0 Å². The van der Waals surface area contributed by atoms with Crippen LogP contribution >= 0.6 is 11.6 Å². The summed E-state index contributed by atoms with van der Waals surface area (Å²) < 4.78 is 26.2. The molecule has 0 heterocycles. The average molecular weight is 494 g/mol. The van der Waals surface area contributed by atoms with Crippen molar-refractivity contribution in [2.45, 2.75) is 40.3 Å². The second kappa shape index (κ2) is 11.5. The number of hydrogen-bond acceptors (Lipinski definition) is 4. The maximum atomic E-state index is 13.5. The maximum Gasteiger partial charge on any atom is 0.244 e. The number of halogens is 1. The summed E-state index contributed by atoms with van der Waals surface area (Å²) >= 11 is 5.98. The highest BCUT2D eigenvalue weighted by Gasteiger charge is 2.30. The van der Waals surface area contributed by atoms with Crippen LogP contribution < -0.4 is 9.62 Å². The second-order valence-corrected chi connectivity index (χ2v) is 10.9. The largest absolute Gasteiger partial charge is 0.354 e. The molecule has 0 radical (unpaired) electrons. The van der Waals surface area contributed by atoms with E-state index in [2.05, 4.69) is 5.32 Å². The Hall–Kier alpha value is -2.58. The molecule has 33 heavy (non-hydrogen) atoms. The van der Waals surface area contributed by atoms with E-state index < -0.39 is 28.5 Å². The fourth-order valence-electron chi connectivity index (χ4n) is 3.26. The van der Waals surface area contributed by atoms with Crippen molar-refractivity contribution in [3.8, 4) is 0 Å². The lowest BCUT2D eigenvalue weighted by Gasteiger charge is -2.32. The molecular weight excluding hydrogens is 462 g/mol. The molecule has 0 saturated heterocycles. The molecule has 0 unspecified atom stereocenters. The zero-order valence-corrected chi connectivity index (χ0v) is 21.3. The molecule has 2 amide bonds. The number of nitrogens with one attached hydrogen (secondary N) is 1. The van der Waals surface area contributed by atoms with Crippen LogP contribution in [0.5, 0.6) is 0 Å². The Balaban J connectivity index is 2.36. The van der Waals surface area contributed by atoms with Crippen molar-refractivity contribution < 1.29 is 18.0 Å². The average Bonchev–Trinajstić information content (AvgIpc) is 2.74. The van der Waals surface area contributed by atoms with Crippen LogP contribution in [0.1, 0.15) is 31.9 Å². The van der Waals surface area contributed by atoms with Gasteiger partial charge in [0.2, 0.25) is 21.8 Å². The van der Waals surface area contributed by atoms with Gasteiger partial charge in [-0.1, -0.05) is 55.8 Å². The molecule has 0 saturated carbocycles. The first-order valence-corrected chi connectivity index (χ1v) is 13.0. The highest BCUT2D eigenvalue weighted by Crippen LogP contribution is 2.23. The Morgan fingerprint density at radius 3 is 2.18 bits per heavy atom. The van der Waals surface area contributed by atoms with Crippen molar-refractivity contribution in [2.24, 2.45) is 5.92 Å². The summed E-state index contributed by atoms with van der Waals surface area (Å²) in [6, 6.07) is 13.1. The minimum atomic E-state index is -3.75. The summed E-state index contributed by atoms with van der Waals surface area (Å²) in [5.74, 6) is -0.526. The Morgan fingerprint density at radius 1 is 1.03 bits per heavy atom. The number of hydrogen-bond donors (Lipinski definition) is 1. The molecule has 0 aromatic heterocycles. The van der Waals surface area contributed by atoms with Crippen LogP contribution in [0.2, 0.25) is 5.02 Å². The van der Waals surface area contributed by atoms with Crippen molar-refractivity contribution in [1.82, 2.24) is 10.2 Å². The summed E-state index contributed by atoms with van der Waals surface area (Å²) in [7, 11) is -3.75. The van der Waals surface area contributed by atoms with Crippen molar-refractivity contribution in [3.05, 3.63) is 64.7 Å². The third kappa shape index (κ3) is 7.75.